The summed E-state index contributed by atoms with van der Waals surface area (Å²) in [7, 11) is 1.63. The lowest BCUT2D eigenvalue weighted by atomic mass is 9.84. The van der Waals surface area contributed by atoms with Gasteiger partial charge in [-0.2, -0.15) is 13.2 Å². The van der Waals surface area contributed by atoms with Crippen LogP contribution in [0.5, 0.6) is 0 Å². The van der Waals surface area contributed by atoms with E-state index in [1.54, 1.807) is 23.7 Å². The van der Waals surface area contributed by atoms with E-state index in [0.717, 1.165) is 23.3 Å². The molecule has 0 N–H and O–H groups in total. The predicted molar refractivity (Wildman–Crippen MR) is 116 cm³/mol. The first-order valence-corrected chi connectivity index (χ1v) is 9.34. The zero-order valence-electron chi connectivity index (χ0n) is 26.2. The summed E-state index contributed by atoms with van der Waals surface area (Å²) in [6.45, 7) is -2.57. The molecule has 158 valence electrons. The minimum Gasteiger partial charge on any atom is -0.201 e. The maximum Gasteiger partial charge on any atom is 0.394 e. The summed E-state index contributed by atoms with van der Waals surface area (Å²) in [5, 5.41) is 0. The molecule has 0 fully saturated rings. The van der Waals surface area contributed by atoms with E-state index >= 15 is 0 Å². The second kappa shape index (κ2) is 7.90. The van der Waals surface area contributed by atoms with Gasteiger partial charge in [-0.25, -0.2) is 4.57 Å². The molecule has 30 heavy (non-hydrogen) atoms. The number of pyridine rings is 1. The summed E-state index contributed by atoms with van der Waals surface area (Å²) in [5.41, 5.74) is -2.74. The fraction of sp³-hybridized carbons (Fsp3) is 0.346. The van der Waals surface area contributed by atoms with Crippen molar-refractivity contribution in [2.75, 3.05) is 0 Å². The van der Waals surface area contributed by atoms with Gasteiger partial charge in [-0.15, -0.1) is 0 Å². The lowest BCUT2D eigenvalue weighted by Crippen LogP contribution is -2.34. The Morgan fingerprint density at radius 1 is 0.967 bits per heavy atom. The lowest BCUT2D eigenvalue weighted by molar-refractivity contribution is -0.660. The van der Waals surface area contributed by atoms with Gasteiger partial charge in [0.25, 0.3) is 0 Å². The Kier molecular flexibility index (Phi) is 3.41. The van der Waals surface area contributed by atoms with Crippen LogP contribution in [-0.4, -0.2) is 6.18 Å². The highest BCUT2D eigenvalue weighted by molar-refractivity contribution is 5.74. The second-order valence-corrected chi connectivity index (χ2v) is 7.84. The molecule has 1 aromatic heterocycles. The monoisotopic (exact) mass is 421 g/mol. The van der Waals surface area contributed by atoms with Crippen molar-refractivity contribution in [1.29, 1.82) is 0 Å². The molecule has 0 unspecified atom stereocenters. The molecule has 1 heterocycles. The number of hydrogen-bond donors (Lipinski definition) is 0. The van der Waals surface area contributed by atoms with Crippen LogP contribution in [0.3, 0.4) is 0 Å². The summed E-state index contributed by atoms with van der Waals surface area (Å²) in [6, 6.07) is 9.75. The Bertz CT molecular complexity index is 1410. The molecule has 0 spiro atoms. The number of hydrogen-bond acceptors (Lipinski definition) is 0. The van der Waals surface area contributed by atoms with E-state index in [4.69, 9.17) is 12.3 Å². The molecule has 3 rings (SSSR count). The van der Waals surface area contributed by atoms with Crippen LogP contribution >= 0.6 is 0 Å². The Morgan fingerprint density at radius 2 is 1.67 bits per heavy atom. The quantitative estimate of drug-likeness (QED) is 0.403. The van der Waals surface area contributed by atoms with Crippen LogP contribution in [-0.2, 0) is 13.4 Å². The van der Waals surface area contributed by atoms with Gasteiger partial charge in [0.1, 0.15) is 7.05 Å². The van der Waals surface area contributed by atoms with E-state index in [1.807, 2.05) is 19.1 Å². The summed E-state index contributed by atoms with van der Waals surface area (Å²) >= 11 is 0. The molecule has 0 atom stereocenters. The van der Waals surface area contributed by atoms with Crippen LogP contribution in [0.25, 0.3) is 22.4 Å². The van der Waals surface area contributed by atoms with E-state index in [2.05, 4.69) is 0 Å². The molecule has 3 aromatic rings. The Hall–Kier alpha value is -2.62. The third-order valence-corrected chi connectivity index (χ3v) is 5.07. The Balaban J connectivity index is 2.47. The van der Waals surface area contributed by atoms with Crippen LogP contribution < -0.4 is 4.57 Å². The van der Waals surface area contributed by atoms with Crippen LogP contribution in [0.4, 0.5) is 13.2 Å². The molecule has 2 aromatic carbocycles. The molecule has 0 amide bonds. The minimum atomic E-state index is -4.98. The molecular formula is C26H29F3N+. The molecule has 4 heteroatoms. The minimum absolute atomic E-state index is 0.0929. The van der Waals surface area contributed by atoms with Crippen molar-refractivity contribution in [3.63, 3.8) is 0 Å². The first kappa shape index (κ1) is 12.9. The summed E-state index contributed by atoms with van der Waals surface area (Å²) < 4.78 is 117. The number of halogens is 3. The fourth-order valence-electron chi connectivity index (χ4n) is 3.21. The molecule has 0 aliphatic heterocycles. The molecule has 0 aliphatic carbocycles. The van der Waals surface area contributed by atoms with Gasteiger partial charge in [0.15, 0.2) is 6.20 Å². The number of rotatable bonds is 4. The van der Waals surface area contributed by atoms with Crippen molar-refractivity contribution in [3.8, 4) is 22.4 Å². The van der Waals surface area contributed by atoms with E-state index in [1.165, 1.54) is 12.3 Å². The summed E-state index contributed by atoms with van der Waals surface area (Å²) in [6.07, 6.45) is -6.77. The highest BCUT2D eigenvalue weighted by atomic mass is 19.4. The van der Waals surface area contributed by atoms with Gasteiger partial charge in [0.2, 0.25) is 5.69 Å². The van der Waals surface area contributed by atoms with Gasteiger partial charge in [-0.1, -0.05) is 50.2 Å². The van der Waals surface area contributed by atoms with Crippen molar-refractivity contribution < 1.29 is 30.1 Å². The van der Waals surface area contributed by atoms with Crippen molar-refractivity contribution in [2.24, 2.45) is 12.5 Å². The third kappa shape index (κ3) is 4.28. The average Bonchev–Trinajstić information content (AvgIpc) is 2.77. The van der Waals surface area contributed by atoms with Gasteiger partial charge >= 0.3 is 6.18 Å². The zero-order valence-corrected chi connectivity index (χ0v) is 17.2. The average molecular weight is 422 g/mol. The highest BCUT2D eigenvalue weighted by Crippen LogP contribution is 2.41. The first-order chi connectivity index (χ1) is 17.5. The molecule has 1 nitrogen and oxygen atoms in total. The maximum absolute atomic E-state index is 13.8. The van der Waals surface area contributed by atoms with Crippen LogP contribution in [0.1, 0.15) is 48.4 Å². The normalized spacial score (nSPS) is 18.0. The Morgan fingerprint density at radius 3 is 2.30 bits per heavy atom. The van der Waals surface area contributed by atoms with Gasteiger partial charge in [-0.05, 0) is 60.9 Å². The van der Waals surface area contributed by atoms with Crippen LogP contribution in [0, 0.1) is 26.0 Å². The van der Waals surface area contributed by atoms with E-state index in [9.17, 15) is 13.2 Å². The largest absolute Gasteiger partial charge is 0.394 e. The van der Waals surface area contributed by atoms with Crippen molar-refractivity contribution >= 4 is 0 Å². The van der Waals surface area contributed by atoms with Gasteiger partial charge in [-0.3, -0.25) is 0 Å². The molecular weight excluding hydrogens is 383 g/mol. The van der Waals surface area contributed by atoms with E-state index in [-0.39, 0.29) is 16.7 Å². The fourth-order valence-corrected chi connectivity index (χ4v) is 3.21. The van der Waals surface area contributed by atoms with Crippen LogP contribution in [0.2, 0.25) is 0 Å². The van der Waals surface area contributed by atoms with Crippen molar-refractivity contribution in [1.82, 2.24) is 0 Å². The standard InChI is InChI=1S/C26H29F3N/c1-17-9-7-8-10-22(17)24-14-23(19(3)16-30(24)6)21-12-11-20(13-18(21)2)15-25(4,5)26(27,28)29/h7-14,16H,15H2,1-6H3/q+1/i2D3,3D3,12D,15D2. The highest BCUT2D eigenvalue weighted by Gasteiger charge is 2.46. The first-order valence-electron chi connectivity index (χ1n) is 13.8. The summed E-state index contributed by atoms with van der Waals surface area (Å²) in [5.74, 6) is 0. The predicted octanol–water partition coefficient (Wildman–Crippen LogP) is 6.90. The number of nitrogens with zero attached hydrogens (tertiary/aromatic N) is 1. The molecule has 0 saturated heterocycles. The molecule has 0 saturated carbocycles. The number of aromatic nitrogens is 1. The van der Waals surface area contributed by atoms with Crippen molar-refractivity contribution in [2.45, 2.75) is 47.0 Å². The number of alkyl halides is 3. The van der Waals surface area contributed by atoms with Crippen LogP contribution in [0.15, 0.2) is 54.7 Å². The van der Waals surface area contributed by atoms with Crippen molar-refractivity contribution in [3.05, 3.63) is 77.0 Å². The maximum atomic E-state index is 13.8. The molecule has 0 radical (unpaired) electrons. The molecule has 0 aliphatic rings. The number of aryl methyl sites for hydroxylation is 4. The summed E-state index contributed by atoms with van der Waals surface area (Å²) in [4.78, 5) is 0. The van der Waals surface area contributed by atoms with E-state index < -0.39 is 48.8 Å². The third-order valence-electron chi connectivity index (χ3n) is 5.07. The van der Waals surface area contributed by atoms with Gasteiger partial charge < -0.3 is 0 Å². The lowest BCUT2D eigenvalue weighted by Gasteiger charge is -2.28. The van der Waals surface area contributed by atoms with Gasteiger partial charge in [0.05, 0.1) is 6.79 Å². The zero-order chi connectivity index (χ0) is 29.9. The Labute approximate surface area is 189 Å². The topological polar surface area (TPSA) is 3.88 Å². The molecule has 0 bridgehead atoms. The van der Waals surface area contributed by atoms with E-state index in [0.29, 0.717) is 19.5 Å². The smallest absolute Gasteiger partial charge is 0.201 e. The number of benzene rings is 2. The van der Waals surface area contributed by atoms with Gasteiger partial charge in [0, 0.05) is 28.2 Å². The SMILES string of the molecule is [2H]c1cc(C([2H])([2H])C(C)(C)C(F)(F)F)cc(C([2H])([2H])[2H])c1-c1cc(-c2ccccc2C)[n+](C)cc1C([2H])([2H])[2H]. The second-order valence-electron chi connectivity index (χ2n) is 7.84.